The van der Waals surface area contributed by atoms with Crippen LogP contribution in [-0.2, 0) is 4.79 Å². The van der Waals surface area contributed by atoms with Gasteiger partial charge >= 0.3 is 5.97 Å². The van der Waals surface area contributed by atoms with E-state index in [-0.39, 0.29) is 0 Å². The van der Waals surface area contributed by atoms with E-state index in [1.807, 2.05) is 42.6 Å². The fourth-order valence-corrected chi connectivity index (χ4v) is 4.15. The van der Waals surface area contributed by atoms with Crippen LogP contribution in [0.4, 0.5) is 0 Å². The third-order valence-electron chi connectivity index (χ3n) is 5.97. The number of unbranched alkanes of at least 4 members (excludes halogenated alkanes) is 1. The number of benzene rings is 3. The normalized spacial score (nSPS) is 12.2. The van der Waals surface area contributed by atoms with Crippen LogP contribution in [0.2, 0.25) is 0 Å². The molecule has 0 spiro atoms. The Morgan fingerprint density at radius 1 is 0.971 bits per heavy atom. The summed E-state index contributed by atoms with van der Waals surface area (Å²) in [4.78, 5) is 10.9. The molecule has 0 amide bonds. The molecule has 5 nitrogen and oxygen atoms in total. The van der Waals surface area contributed by atoms with Gasteiger partial charge in [-0.2, -0.15) is 5.10 Å². The number of fused-ring (bicyclic) bond motifs is 1. The van der Waals surface area contributed by atoms with Crippen molar-refractivity contribution in [3.8, 4) is 5.75 Å². The van der Waals surface area contributed by atoms with Crippen LogP contribution in [0.25, 0.3) is 28.1 Å². The molecule has 1 aromatic heterocycles. The zero-order valence-corrected chi connectivity index (χ0v) is 20.1. The highest BCUT2D eigenvalue weighted by Gasteiger charge is 2.14. The van der Waals surface area contributed by atoms with Crippen molar-refractivity contribution in [1.29, 1.82) is 0 Å². The average Bonchev–Trinajstić information content (AvgIpc) is 3.35. The molecule has 4 aromatic rings. The van der Waals surface area contributed by atoms with Gasteiger partial charge in [0.15, 0.2) is 0 Å². The van der Waals surface area contributed by atoms with Crippen LogP contribution in [-0.4, -0.2) is 27.9 Å². The summed E-state index contributed by atoms with van der Waals surface area (Å²) in [5.41, 5.74) is 7.52. The Bertz CT molecular complexity index is 1350. The maximum Gasteiger partial charge on any atom is 0.328 e. The number of hydrogen-bond acceptors (Lipinski definition) is 3. The fourth-order valence-electron chi connectivity index (χ4n) is 4.15. The maximum atomic E-state index is 10.9. The van der Waals surface area contributed by atoms with Crippen molar-refractivity contribution in [3.05, 3.63) is 101 Å². The molecular weight excluding hydrogens is 436 g/mol. The number of hydrogen-bond donors (Lipinski definition) is 2. The summed E-state index contributed by atoms with van der Waals surface area (Å²) in [6, 6.07) is 22.7. The second-order valence-corrected chi connectivity index (χ2v) is 8.40. The molecule has 2 N–H and O–H groups in total. The second-order valence-electron chi connectivity index (χ2n) is 8.40. The molecule has 1 heterocycles. The Balaban J connectivity index is 1.79. The topological polar surface area (TPSA) is 75.2 Å². The lowest BCUT2D eigenvalue weighted by Crippen LogP contribution is -1.98. The first kappa shape index (κ1) is 24.0. The molecule has 0 saturated heterocycles. The van der Waals surface area contributed by atoms with E-state index in [1.54, 1.807) is 6.08 Å². The van der Waals surface area contributed by atoms with Crippen molar-refractivity contribution >= 4 is 34.1 Å². The van der Waals surface area contributed by atoms with Crippen molar-refractivity contribution in [3.63, 3.8) is 0 Å². The van der Waals surface area contributed by atoms with Crippen molar-refractivity contribution in [1.82, 2.24) is 10.2 Å². The van der Waals surface area contributed by atoms with Crippen LogP contribution < -0.4 is 4.74 Å². The van der Waals surface area contributed by atoms with Gasteiger partial charge in [-0.05, 0) is 76.6 Å². The number of ether oxygens (including phenoxy) is 1. The van der Waals surface area contributed by atoms with Gasteiger partial charge in [-0.1, -0.05) is 62.7 Å². The van der Waals surface area contributed by atoms with E-state index in [0.717, 1.165) is 76.4 Å². The number of nitrogens with one attached hydrogen (secondary N) is 1. The summed E-state index contributed by atoms with van der Waals surface area (Å²) in [5, 5.41) is 17.2. The van der Waals surface area contributed by atoms with Crippen LogP contribution in [0.1, 0.15) is 55.4 Å². The van der Waals surface area contributed by atoms with Crippen molar-refractivity contribution in [2.24, 2.45) is 0 Å². The van der Waals surface area contributed by atoms with Gasteiger partial charge < -0.3 is 9.84 Å². The number of aromatic nitrogens is 2. The zero-order chi connectivity index (χ0) is 24.6. The van der Waals surface area contributed by atoms with Gasteiger partial charge in [-0.15, -0.1) is 0 Å². The third-order valence-corrected chi connectivity index (χ3v) is 5.97. The van der Waals surface area contributed by atoms with Crippen molar-refractivity contribution < 1.29 is 14.6 Å². The number of aromatic amines is 1. The summed E-state index contributed by atoms with van der Waals surface area (Å²) in [5.74, 6) is -0.0768. The number of rotatable bonds is 10. The van der Waals surface area contributed by atoms with E-state index in [2.05, 4.69) is 54.4 Å². The number of carboxylic acid groups (broad SMARTS) is 1. The van der Waals surface area contributed by atoms with Crippen LogP contribution in [0, 0.1) is 0 Å². The minimum atomic E-state index is -0.960. The number of H-pyrrole nitrogens is 1. The molecule has 178 valence electrons. The number of carbonyl (C=O) groups is 1. The lowest BCUT2D eigenvalue weighted by molar-refractivity contribution is -0.131. The second kappa shape index (κ2) is 11.3. The Morgan fingerprint density at radius 3 is 2.37 bits per heavy atom. The molecule has 0 saturated carbocycles. The number of carboxylic acids is 1. The van der Waals surface area contributed by atoms with Crippen LogP contribution in [0.15, 0.2) is 79.0 Å². The molecule has 5 heteroatoms. The molecule has 0 aliphatic carbocycles. The minimum absolute atomic E-state index is 0.727. The van der Waals surface area contributed by atoms with Gasteiger partial charge in [0.2, 0.25) is 0 Å². The maximum absolute atomic E-state index is 10.9. The lowest BCUT2D eigenvalue weighted by Gasteiger charge is -2.17. The summed E-state index contributed by atoms with van der Waals surface area (Å²) in [6.45, 7) is 5.05. The molecule has 3 aromatic carbocycles. The molecule has 0 unspecified atom stereocenters. The quantitative estimate of drug-likeness (QED) is 0.147. The molecule has 0 atom stereocenters. The predicted molar refractivity (Wildman–Crippen MR) is 142 cm³/mol. The largest absolute Gasteiger partial charge is 0.494 e. The number of nitrogens with zero attached hydrogens (tertiary/aromatic N) is 1. The smallest absolute Gasteiger partial charge is 0.328 e. The first-order valence-corrected chi connectivity index (χ1v) is 12.0. The van der Waals surface area contributed by atoms with E-state index >= 15 is 0 Å². The van der Waals surface area contributed by atoms with Gasteiger partial charge in [0.1, 0.15) is 5.75 Å². The van der Waals surface area contributed by atoms with E-state index in [1.165, 1.54) is 5.57 Å². The van der Waals surface area contributed by atoms with Crippen LogP contribution >= 0.6 is 0 Å². The van der Waals surface area contributed by atoms with E-state index in [9.17, 15) is 4.79 Å². The summed E-state index contributed by atoms with van der Waals surface area (Å²) >= 11 is 0. The highest BCUT2D eigenvalue weighted by molar-refractivity contribution is 6.00. The Kier molecular flexibility index (Phi) is 7.78. The first-order chi connectivity index (χ1) is 17.1. The minimum Gasteiger partial charge on any atom is -0.494 e. The molecule has 0 fully saturated rings. The monoisotopic (exact) mass is 466 g/mol. The molecule has 35 heavy (non-hydrogen) atoms. The predicted octanol–water partition coefficient (Wildman–Crippen LogP) is 7.21. The van der Waals surface area contributed by atoms with Gasteiger partial charge in [0, 0.05) is 11.5 Å². The third kappa shape index (κ3) is 5.87. The standard InChI is InChI=1S/C30H30N2O3/c1-3-5-18-35-26-14-11-22(12-15-26)27(4-2)30(24-13-16-28-25(19-24)20-31-32-28)23-9-6-21(7-10-23)8-17-29(33)34/h6-17,19-20H,3-5,18H2,1-2H3,(H,31,32)(H,33,34). The molecule has 0 bridgehead atoms. The molecule has 4 rings (SSSR count). The average molecular weight is 467 g/mol. The lowest BCUT2D eigenvalue weighted by atomic mass is 9.87. The van der Waals surface area contributed by atoms with Crippen molar-refractivity contribution in [2.45, 2.75) is 33.1 Å². The SMILES string of the molecule is CCCCOc1ccc(C(CC)=C(c2ccc(C=CC(=O)O)cc2)c2ccc3[nH]ncc3c2)cc1. The Hall–Kier alpha value is -4.12. The number of aliphatic carboxylic acids is 1. The van der Waals surface area contributed by atoms with Crippen LogP contribution in [0.3, 0.4) is 0 Å². The fraction of sp³-hybridized carbons (Fsp3) is 0.200. The molecule has 0 radical (unpaired) electrons. The first-order valence-electron chi connectivity index (χ1n) is 12.0. The summed E-state index contributed by atoms with van der Waals surface area (Å²) in [7, 11) is 0. The van der Waals surface area contributed by atoms with E-state index in [0.29, 0.717) is 0 Å². The Labute approximate surface area is 205 Å². The van der Waals surface area contributed by atoms with Gasteiger partial charge in [-0.25, -0.2) is 4.79 Å². The molecule has 0 aliphatic rings. The van der Waals surface area contributed by atoms with Gasteiger partial charge in [0.05, 0.1) is 18.3 Å². The van der Waals surface area contributed by atoms with Gasteiger partial charge in [0.25, 0.3) is 0 Å². The highest BCUT2D eigenvalue weighted by atomic mass is 16.5. The van der Waals surface area contributed by atoms with E-state index in [4.69, 9.17) is 9.84 Å². The highest BCUT2D eigenvalue weighted by Crippen LogP contribution is 2.36. The summed E-state index contributed by atoms with van der Waals surface area (Å²) < 4.78 is 5.86. The van der Waals surface area contributed by atoms with Gasteiger partial charge in [-0.3, -0.25) is 5.10 Å². The van der Waals surface area contributed by atoms with Crippen molar-refractivity contribution in [2.75, 3.05) is 6.61 Å². The zero-order valence-electron chi connectivity index (χ0n) is 20.1. The van der Waals surface area contributed by atoms with Crippen LogP contribution in [0.5, 0.6) is 5.75 Å². The van der Waals surface area contributed by atoms with E-state index < -0.39 is 5.97 Å². The molecular formula is C30H30N2O3. The summed E-state index contributed by atoms with van der Waals surface area (Å²) in [6.07, 6.45) is 7.58. The number of allylic oxidation sites excluding steroid dienone is 1. The Morgan fingerprint density at radius 2 is 1.69 bits per heavy atom. The molecule has 0 aliphatic heterocycles.